The van der Waals surface area contributed by atoms with Gasteiger partial charge >= 0.3 is 0 Å². The van der Waals surface area contributed by atoms with Crippen molar-refractivity contribution in [1.29, 1.82) is 0 Å². The van der Waals surface area contributed by atoms with Crippen LogP contribution < -0.4 is 10.6 Å². The van der Waals surface area contributed by atoms with E-state index in [9.17, 15) is 9.59 Å². The molecule has 114 valence electrons. The third-order valence-electron chi connectivity index (χ3n) is 3.23. The van der Waals surface area contributed by atoms with Crippen LogP contribution in [-0.2, 0) is 9.53 Å². The summed E-state index contributed by atoms with van der Waals surface area (Å²) in [7, 11) is 1.58. The van der Waals surface area contributed by atoms with E-state index >= 15 is 0 Å². The van der Waals surface area contributed by atoms with Crippen LogP contribution in [0.4, 0.5) is 5.00 Å². The fourth-order valence-corrected chi connectivity index (χ4v) is 3.16. The average molecular weight is 317 g/mol. The number of nitrogens with one attached hydrogen (secondary N) is 3. The Morgan fingerprint density at radius 2 is 2.36 bits per heavy atom. The lowest BCUT2D eigenvalue weighted by molar-refractivity contribution is -0.110. The summed E-state index contributed by atoms with van der Waals surface area (Å²) in [5, 5.41) is 6.27. The Morgan fingerprint density at radius 3 is 3.09 bits per heavy atom. The number of carbonyl (C=O) groups excluding carboxylic acids is 2. The fourth-order valence-electron chi connectivity index (χ4n) is 2.18. The summed E-state index contributed by atoms with van der Waals surface area (Å²) in [6.45, 7) is 0.918. The summed E-state index contributed by atoms with van der Waals surface area (Å²) in [6.07, 6.45) is 3.57. The first kappa shape index (κ1) is 14.6. The number of anilines is 1. The molecule has 1 aliphatic rings. The molecule has 0 atom stereocenters. The van der Waals surface area contributed by atoms with Gasteiger partial charge in [0, 0.05) is 31.1 Å². The predicted octanol–water partition coefficient (Wildman–Crippen LogP) is 1.95. The molecule has 22 heavy (non-hydrogen) atoms. The van der Waals surface area contributed by atoms with E-state index in [1.54, 1.807) is 25.4 Å². The van der Waals surface area contributed by atoms with Crippen LogP contribution in [0.5, 0.6) is 0 Å². The zero-order valence-corrected chi connectivity index (χ0v) is 12.8. The molecule has 0 bridgehead atoms. The normalized spacial score (nSPS) is 15.0. The van der Waals surface area contributed by atoms with E-state index in [1.165, 1.54) is 11.3 Å². The summed E-state index contributed by atoms with van der Waals surface area (Å²) in [6, 6.07) is 5.49. The van der Waals surface area contributed by atoms with Crippen molar-refractivity contribution in [2.24, 2.45) is 0 Å². The van der Waals surface area contributed by atoms with Crippen molar-refractivity contribution >= 4 is 39.8 Å². The second kappa shape index (κ2) is 6.17. The highest BCUT2D eigenvalue weighted by molar-refractivity contribution is 7.18. The van der Waals surface area contributed by atoms with Crippen LogP contribution in [0, 0.1) is 0 Å². The summed E-state index contributed by atoms with van der Waals surface area (Å²) in [4.78, 5) is 27.6. The van der Waals surface area contributed by atoms with Gasteiger partial charge in [-0.3, -0.25) is 9.59 Å². The molecule has 6 nitrogen and oxygen atoms in total. The molecule has 3 N–H and O–H groups in total. The highest BCUT2D eigenvalue weighted by atomic mass is 32.1. The number of thiophene rings is 1. The minimum atomic E-state index is -0.162. The number of aromatic nitrogens is 1. The summed E-state index contributed by atoms with van der Waals surface area (Å²) in [5.74, 6) is -0.313. The molecular formula is C15H15N3O3S. The number of H-pyrrole nitrogens is 1. The van der Waals surface area contributed by atoms with Crippen molar-refractivity contribution in [2.45, 2.75) is 0 Å². The van der Waals surface area contributed by atoms with Crippen LogP contribution in [-0.4, -0.2) is 37.1 Å². The quantitative estimate of drug-likeness (QED) is 0.582. The van der Waals surface area contributed by atoms with Gasteiger partial charge in [-0.2, -0.15) is 0 Å². The third kappa shape index (κ3) is 2.81. The van der Waals surface area contributed by atoms with Crippen LogP contribution in [0.1, 0.15) is 20.9 Å². The van der Waals surface area contributed by atoms with Gasteiger partial charge in [0.05, 0.1) is 17.1 Å². The standard InChI is InChI=1S/C15H15N3O3S/c1-21-6-5-17-14(20)12-8-11-10(7-9-3-2-4-16-9)13(19)18-15(11)22-12/h2-4,7-8,16H,5-6H2,1H3,(H,17,20)(H,18,19)/b10-7+. The van der Waals surface area contributed by atoms with Crippen molar-refractivity contribution in [3.63, 3.8) is 0 Å². The van der Waals surface area contributed by atoms with Crippen LogP contribution in [0.25, 0.3) is 11.6 Å². The monoisotopic (exact) mass is 317 g/mol. The molecule has 2 aromatic rings. The number of ether oxygens (including phenoxy) is 1. The Balaban J connectivity index is 1.83. The van der Waals surface area contributed by atoms with E-state index in [0.717, 1.165) is 11.3 Å². The summed E-state index contributed by atoms with van der Waals surface area (Å²) < 4.78 is 4.90. The zero-order valence-electron chi connectivity index (χ0n) is 11.9. The Hall–Kier alpha value is -2.38. The molecule has 0 aromatic carbocycles. The Labute approximate surface area is 131 Å². The Kier molecular flexibility index (Phi) is 4.08. The molecule has 7 heteroatoms. The number of methoxy groups -OCH3 is 1. The van der Waals surface area contributed by atoms with Gasteiger partial charge in [0.25, 0.3) is 11.8 Å². The van der Waals surface area contributed by atoms with Crippen LogP contribution in [0.2, 0.25) is 0 Å². The van der Waals surface area contributed by atoms with Gasteiger partial charge in [0.1, 0.15) is 5.00 Å². The molecule has 2 aromatic heterocycles. The average Bonchev–Trinajstić information content (AvgIpc) is 3.18. The van der Waals surface area contributed by atoms with E-state index in [4.69, 9.17) is 4.74 Å². The van der Waals surface area contributed by atoms with Gasteiger partial charge in [0.2, 0.25) is 0 Å². The molecule has 3 rings (SSSR count). The smallest absolute Gasteiger partial charge is 0.261 e. The summed E-state index contributed by atoms with van der Waals surface area (Å²) in [5.41, 5.74) is 2.17. The third-order valence-corrected chi connectivity index (χ3v) is 4.28. The number of carbonyl (C=O) groups is 2. The number of fused-ring (bicyclic) bond motifs is 1. The van der Waals surface area contributed by atoms with Crippen LogP contribution in [0.3, 0.4) is 0 Å². The maximum atomic E-state index is 12.0. The molecule has 1 aliphatic heterocycles. The molecule has 0 fully saturated rings. The van der Waals surface area contributed by atoms with Gasteiger partial charge in [-0.25, -0.2) is 0 Å². The first-order valence-corrected chi connectivity index (χ1v) is 7.58. The SMILES string of the molecule is COCCNC(=O)c1cc2c(s1)NC(=O)/C2=C/c1ccc[nH]1. The molecular weight excluding hydrogens is 302 g/mol. The number of aromatic amines is 1. The van der Waals surface area contributed by atoms with Crippen molar-refractivity contribution in [2.75, 3.05) is 25.6 Å². The largest absolute Gasteiger partial charge is 0.383 e. The molecule has 0 unspecified atom stereocenters. The molecule has 0 saturated heterocycles. The van der Waals surface area contributed by atoms with Gasteiger partial charge < -0.3 is 20.4 Å². The second-order valence-corrected chi connectivity index (χ2v) is 5.79. The lowest BCUT2D eigenvalue weighted by atomic mass is 10.1. The van der Waals surface area contributed by atoms with Gasteiger partial charge in [0.15, 0.2) is 0 Å². The minimum Gasteiger partial charge on any atom is -0.383 e. The zero-order chi connectivity index (χ0) is 15.5. The van der Waals surface area contributed by atoms with Gasteiger partial charge in [-0.1, -0.05) is 0 Å². The lowest BCUT2D eigenvalue weighted by Gasteiger charge is -2.02. The maximum Gasteiger partial charge on any atom is 0.261 e. The van der Waals surface area contributed by atoms with Crippen molar-refractivity contribution in [3.05, 3.63) is 40.5 Å². The first-order chi connectivity index (χ1) is 10.7. The summed E-state index contributed by atoms with van der Waals surface area (Å²) >= 11 is 1.27. The minimum absolute atomic E-state index is 0.151. The first-order valence-electron chi connectivity index (χ1n) is 6.77. The number of amides is 2. The molecule has 0 spiro atoms. The van der Waals surface area contributed by atoms with E-state index < -0.39 is 0 Å². The highest BCUT2D eigenvalue weighted by Gasteiger charge is 2.28. The van der Waals surface area contributed by atoms with E-state index in [0.29, 0.717) is 28.6 Å². The molecule has 3 heterocycles. The van der Waals surface area contributed by atoms with Crippen LogP contribution >= 0.6 is 11.3 Å². The molecule has 0 radical (unpaired) electrons. The predicted molar refractivity (Wildman–Crippen MR) is 85.8 cm³/mol. The van der Waals surface area contributed by atoms with E-state index in [-0.39, 0.29) is 11.8 Å². The van der Waals surface area contributed by atoms with Crippen molar-refractivity contribution in [1.82, 2.24) is 10.3 Å². The Bertz CT molecular complexity index is 731. The van der Waals surface area contributed by atoms with Gasteiger partial charge in [-0.15, -0.1) is 11.3 Å². The molecule has 0 saturated carbocycles. The Morgan fingerprint density at radius 1 is 1.50 bits per heavy atom. The van der Waals surface area contributed by atoms with Crippen LogP contribution in [0.15, 0.2) is 24.4 Å². The van der Waals surface area contributed by atoms with E-state index in [2.05, 4.69) is 15.6 Å². The lowest BCUT2D eigenvalue weighted by Crippen LogP contribution is -2.26. The van der Waals surface area contributed by atoms with Crippen molar-refractivity contribution < 1.29 is 14.3 Å². The fraction of sp³-hybridized carbons (Fsp3) is 0.200. The second-order valence-electron chi connectivity index (χ2n) is 4.74. The van der Waals surface area contributed by atoms with E-state index in [1.807, 2.05) is 12.1 Å². The van der Waals surface area contributed by atoms with Gasteiger partial charge in [-0.05, 0) is 24.3 Å². The number of hydrogen-bond donors (Lipinski definition) is 3. The molecule has 0 aliphatic carbocycles. The maximum absolute atomic E-state index is 12.0. The highest BCUT2D eigenvalue weighted by Crippen LogP contribution is 2.39. The number of rotatable bonds is 5. The molecule has 2 amide bonds. The van der Waals surface area contributed by atoms with Crippen molar-refractivity contribution in [3.8, 4) is 0 Å². The number of hydrogen-bond acceptors (Lipinski definition) is 4. The topological polar surface area (TPSA) is 83.2 Å².